The molecule has 2 heterocycles. The highest BCUT2D eigenvalue weighted by atomic mass is 16.2. The summed E-state index contributed by atoms with van der Waals surface area (Å²) in [4.78, 5) is 31.9. The Hall–Kier alpha value is -3.51. The van der Waals surface area contributed by atoms with Gasteiger partial charge >= 0.3 is 0 Å². The lowest BCUT2D eigenvalue weighted by Crippen LogP contribution is -2.53. The number of carbonyl (C=O) groups excluding carboxylic acids is 2. The molecule has 6 nitrogen and oxygen atoms in total. The molecule has 3 N–H and O–H groups in total. The van der Waals surface area contributed by atoms with E-state index in [1.807, 2.05) is 77.7 Å². The van der Waals surface area contributed by atoms with Gasteiger partial charge < -0.3 is 16.0 Å². The van der Waals surface area contributed by atoms with Crippen LogP contribution in [0.5, 0.6) is 0 Å². The molecule has 0 radical (unpaired) electrons. The van der Waals surface area contributed by atoms with E-state index in [4.69, 9.17) is 5.73 Å². The van der Waals surface area contributed by atoms with E-state index in [9.17, 15) is 9.59 Å². The summed E-state index contributed by atoms with van der Waals surface area (Å²) in [5.41, 5.74) is 7.99. The lowest BCUT2D eigenvalue weighted by atomic mass is 9.82. The molecule has 1 aromatic heterocycles. The van der Waals surface area contributed by atoms with Crippen LogP contribution in [0.2, 0.25) is 0 Å². The van der Waals surface area contributed by atoms with Gasteiger partial charge in [0.05, 0.1) is 6.42 Å². The lowest BCUT2D eigenvalue weighted by Gasteiger charge is -2.34. The third-order valence-electron chi connectivity index (χ3n) is 6.44. The maximum absolute atomic E-state index is 13.4. The fourth-order valence-electron chi connectivity index (χ4n) is 4.38. The highest BCUT2D eigenvalue weighted by molar-refractivity contribution is 5.91. The Morgan fingerprint density at radius 1 is 0.909 bits per heavy atom. The van der Waals surface area contributed by atoms with Crippen molar-refractivity contribution in [3.8, 4) is 0 Å². The number of hydrogen-bond donors (Lipinski definition) is 2. The fourth-order valence-corrected chi connectivity index (χ4v) is 4.38. The SMILES string of the molecule is NC(C(=O)NCC1CCN(C(=O)Cc2ccncc2)CC1)(c1ccccc1)c1ccccc1. The summed E-state index contributed by atoms with van der Waals surface area (Å²) < 4.78 is 0. The van der Waals surface area contributed by atoms with Gasteiger partial charge in [-0.05, 0) is 47.6 Å². The molecule has 1 aliphatic rings. The largest absolute Gasteiger partial charge is 0.354 e. The van der Waals surface area contributed by atoms with E-state index in [-0.39, 0.29) is 11.8 Å². The fraction of sp³-hybridized carbons (Fsp3) is 0.296. The molecular weight excluding hydrogens is 412 g/mol. The minimum absolute atomic E-state index is 0.137. The molecule has 0 atom stereocenters. The average Bonchev–Trinajstić information content (AvgIpc) is 2.88. The van der Waals surface area contributed by atoms with E-state index in [1.165, 1.54) is 0 Å². The Morgan fingerprint density at radius 3 is 2.00 bits per heavy atom. The molecule has 4 rings (SSSR count). The molecule has 0 spiro atoms. The number of rotatable bonds is 7. The Morgan fingerprint density at radius 2 is 1.45 bits per heavy atom. The molecule has 0 bridgehead atoms. The van der Waals surface area contributed by atoms with Gasteiger partial charge in [0.25, 0.3) is 0 Å². The summed E-state index contributed by atoms with van der Waals surface area (Å²) >= 11 is 0. The first-order valence-electron chi connectivity index (χ1n) is 11.4. The van der Waals surface area contributed by atoms with E-state index in [0.29, 0.717) is 32.0 Å². The maximum Gasteiger partial charge on any atom is 0.249 e. The van der Waals surface area contributed by atoms with Crippen LogP contribution in [0.25, 0.3) is 0 Å². The molecule has 170 valence electrons. The van der Waals surface area contributed by atoms with Gasteiger partial charge in [-0.1, -0.05) is 60.7 Å². The number of nitrogens with one attached hydrogen (secondary N) is 1. The molecule has 3 aromatic rings. The number of likely N-dealkylation sites (tertiary alicyclic amines) is 1. The predicted octanol–water partition coefficient (Wildman–Crippen LogP) is 2.88. The van der Waals surface area contributed by atoms with Gasteiger partial charge in [-0.3, -0.25) is 14.6 Å². The van der Waals surface area contributed by atoms with Crippen LogP contribution < -0.4 is 11.1 Å². The van der Waals surface area contributed by atoms with Crippen LogP contribution in [-0.4, -0.2) is 41.3 Å². The average molecular weight is 443 g/mol. The lowest BCUT2D eigenvalue weighted by molar-refractivity contribution is -0.132. The summed E-state index contributed by atoms with van der Waals surface area (Å²) in [6, 6.07) is 22.7. The normalized spacial score (nSPS) is 14.6. The number of aromatic nitrogens is 1. The Labute approximate surface area is 194 Å². The molecule has 2 aromatic carbocycles. The molecule has 0 saturated carbocycles. The molecule has 33 heavy (non-hydrogen) atoms. The van der Waals surface area contributed by atoms with Crippen LogP contribution in [0.15, 0.2) is 85.2 Å². The molecule has 2 amide bonds. The minimum Gasteiger partial charge on any atom is -0.354 e. The molecule has 0 aliphatic carbocycles. The van der Waals surface area contributed by atoms with Crippen molar-refractivity contribution in [2.45, 2.75) is 24.8 Å². The number of nitrogens with zero attached hydrogens (tertiary/aromatic N) is 2. The van der Waals surface area contributed by atoms with Gasteiger partial charge in [0.1, 0.15) is 5.54 Å². The first kappa shape index (κ1) is 22.7. The van der Waals surface area contributed by atoms with Crippen molar-refractivity contribution in [2.75, 3.05) is 19.6 Å². The zero-order valence-corrected chi connectivity index (χ0v) is 18.7. The summed E-state index contributed by atoms with van der Waals surface area (Å²) in [5, 5.41) is 3.10. The molecule has 1 fully saturated rings. The van der Waals surface area contributed by atoms with Crippen molar-refractivity contribution in [3.63, 3.8) is 0 Å². The maximum atomic E-state index is 13.4. The van der Waals surface area contributed by atoms with E-state index in [1.54, 1.807) is 12.4 Å². The summed E-state index contributed by atoms with van der Waals surface area (Å²) in [6.07, 6.45) is 5.53. The third-order valence-corrected chi connectivity index (χ3v) is 6.44. The Kier molecular flexibility index (Phi) is 7.15. The highest BCUT2D eigenvalue weighted by Gasteiger charge is 2.38. The van der Waals surface area contributed by atoms with Crippen LogP contribution in [0.4, 0.5) is 0 Å². The standard InChI is InChI=1S/C27H30N4O2/c28-27(23-7-3-1-4-8-23,24-9-5-2-6-10-24)26(33)30-20-22-13-17-31(18-14-22)25(32)19-21-11-15-29-16-12-21/h1-12,15-16,22H,13-14,17-20,28H2,(H,30,33). The van der Waals surface area contributed by atoms with E-state index < -0.39 is 5.54 Å². The van der Waals surface area contributed by atoms with Crippen molar-refractivity contribution in [3.05, 3.63) is 102 Å². The summed E-state index contributed by atoms with van der Waals surface area (Å²) in [7, 11) is 0. The van der Waals surface area contributed by atoms with Crippen molar-refractivity contribution < 1.29 is 9.59 Å². The quantitative estimate of drug-likeness (QED) is 0.589. The predicted molar refractivity (Wildman–Crippen MR) is 128 cm³/mol. The number of carbonyl (C=O) groups is 2. The number of nitrogens with two attached hydrogens (primary N) is 1. The van der Waals surface area contributed by atoms with Gasteiger partial charge in [-0.15, -0.1) is 0 Å². The Balaban J connectivity index is 1.35. The topological polar surface area (TPSA) is 88.3 Å². The van der Waals surface area contributed by atoms with E-state index in [2.05, 4.69) is 10.3 Å². The van der Waals surface area contributed by atoms with Crippen molar-refractivity contribution in [1.29, 1.82) is 0 Å². The zero-order chi connectivity index (χ0) is 23.1. The zero-order valence-electron chi connectivity index (χ0n) is 18.7. The second kappa shape index (κ2) is 10.4. The van der Waals surface area contributed by atoms with Crippen LogP contribution in [-0.2, 0) is 21.5 Å². The number of pyridine rings is 1. The highest BCUT2D eigenvalue weighted by Crippen LogP contribution is 2.27. The summed E-state index contributed by atoms with van der Waals surface area (Å²) in [6.45, 7) is 1.95. The third kappa shape index (κ3) is 5.29. The molecule has 0 unspecified atom stereocenters. The molecule has 1 saturated heterocycles. The van der Waals surface area contributed by atoms with Gasteiger partial charge in [0, 0.05) is 32.0 Å². The monoisotopic (exact) mass is 442 g/mol. The van der Waals surface area contributed by atoms with Gasteiger partial charge in [-0.25, -0.2) is 0 Å². The van der Waals surface area contributed by atoms with Crippen LogP contribution in [0.1, 0.15) is 29.5 Å². The first-order chi connectivity index (χ1) is 16.1. The first-order valence-corrected chi connectivity index (χ1v) is 11.4. The van der Waals surface area contributed by atoms with Gasteiger partial charge in [0.15, 0.2) is 0 Å². The van der Waals surface area contributed by atoms with E-state index in [0.717, 1.165) is 29.5 Å². The van der Waals surface area contributed by atoms with Crippen molar-refractivity contribution >= 4 is 11.8 Å². The number of benzene rings is 2. The van der Waals surface area contributed by atoms with Crippen LogP contribution >= 0.6 is 0 Å². The van der Waals surface area contributed by atoms with Crippen molar-refractivity contribution in [2.24, 2.45) is 11.7 Å². The van der Waals surface area contributed by atoms with Gasteiger partial charge in [0.2, 0.25) is 11.8 Å². The number of amides is 2. The molecular formula is C27H30N4O2. The number of hydrogen-bond acceptors (Lipinski definition) is 4. The smallest absolute Gasteiger partial charge is 0.249 e. The summed E-state index contributed by atoms with van der Waals surface area (Å²) in [5.74, 6) is 0.239. The second-order valence-corrected chi connectivity index (χ2v) is 8.61. The minimum atomic E-state index is -1.26. The number of piperidine rings is 1. The van der Waals surface area contributed by atoms with Gasteiger partial charge in [-0.2, -0.15) is 0 Å². The molecule has 1 aliphatic heterocycles. The molecule has 6 heteroatoms. The Bertz CT molecular complexity index is 1010. The second-order valence-electron chi connectivity index (χ2n) is 8.61. The van der Waals surface area contributed by atoms with Crippen LogP contribution in [0, 0.1) is 5.92 Å². The van der Waals surface area contributed by atoms with Crippen LogP contribution in [0.3, 0.4) is 0 Å². The van der Waals surface area contributed by atoms with Crippen molar-refractivity contribution in [1.82, 2.24) is 15.2 Å². The van der Waals surface area contributed by atoms with E-state index >= 15 is 0 Å².